The Morgan fingerprint density at radius 2 is 1.73 bits per heavy atom. The molecule has 6 heteroatoms. The number of carbonyl (C=O) groups excluding carboxylic acids is 1. The third kappa shape index (κ3) is 10.0. The molecule has 0 atom stereocenters. The Kier molecular flexibility index (Phi) is 15.2. The molecule has 6 nitrogen and oxygen atoms in total. The van der Waals surface area contributed by atoms with Gasteiger partial charge in [0.2, 0.25) is 0 Å². The fourth-order valence-corrected chi connectivity index (χ4v) is 1.96. The quantitative estimate of drug-likeness (QED) is 0.323. The maximum Gasteiger partial charge on any atom is 0.276 e. The van der Waals surface area contributed by atoms with Crippen molar-refractivity contribution in [3.8, 4) is 11.5 Å². The predicted octanol–water partition coefficient (Wildman–Crippen LogP) is 5.92. The van der Waals surface area contributed by atoms with Crippen LogP contribution in [0.4, 0.5) is 5.69 Å². The van der Waals surface area contributed by atoms with Gasteiger partial charge in [0, 0.05) is 12.0 Å². The zero-order valence-corrected chi connectivity index (χ0v) is 17.5. The molecule has 0 aliphatic rings. The number of ether oxygens (including phenoxy) is 2. The van der Waals surface area contributed by atoms with Crippen molar-refractivity contribution < 1.29 is 19.2 Å². The highest BCUT2D eigenvalue weighted by molar-refractivity contribution is 5.75. The van der Waals surface area contributed by atoms with Crippen molar-refractivity contribution in [1.29, 1.82) is 0 Å². The van der Waals surface area contributed by atoms with Gasteiger partial charge in [-0.2, -0.15) is 0 Å². The molecule has 1 aromatic rings. The Bertz CT molecular complexity index is 541. The molecule has 0 fully saturated rings. The zero-order chi connectivity index (χ0) is 20.7. The topological polar surface area (TPSA) is 78.7 Å². The van der Waals surface area contributed by atoms with E-state index in [2.05, 4.69) is 13.8 Å². The van der Waals surface area contributed by atoms with Crippen molar-refractivity contribution >= 4 is 11.5 Å². The Balaban J connectivity index is 0. The number of nitro benzene ring substituents is 1. The van der Waals surface area contributed by atoms with Gasteiger partial charge in [-0.1, -0.05) is 48.0 Å². The van der Waals surface area contributed by atoms with Crippen LogP contribution in [0.2, 0.25) is 0 Å². The molecular weight excluding hydrogens is 334 g/mol. The normalized spacial score (nSPS) is 9.42. The smallest absolute Gasteiger partial charge is 0.276 e. The second-order valence-electron chi connectivity index (χ2n) is 5.83. The van der Waals surface area contributed by atoms with Gasteiger partial charge in [-0.25, -0.2) is 0 Å². The average Bonchev–Trinajstić information content (AvgIpc) is 2.60. The first kappa shape index (κ1) is 26.1. The lowest BCUT2D eigenvalue weighted by atomic mass is 10.0. The van der Waals surface area contributed by atoms with Crippen molar-refractivity contribution in [2.24, 2.45) is 0 Å². The number of ketones is 1. The molecule has 0 saturated heterocycles. The van der Waals surface area contributed by atoms with E-state index in [9.17, 15) is 14.9 Å². The van der Waals surface area contributed by atoms with Crippen LogP contribution in [0, 0.1) is 10.1 Å². The van der Waals surface area contributed by atoms with E-state index in [1.165, 1.54) is 26.5 Å². The minimum absolute atomic E-state index is 0.00561. The van der Waals surface area contributed by atoms with Crippen molar-refractivity contribution in [3.63, 3.8) is 0 Å². The number of carbonyl (C=O) groups is 1. The van der Waals surface area contributed by atoms with Crippen LogP contribution in [0.15, 0.2) is 12.1 Å². The van der Waals surface area contributed by atoms with Crippen LogP contribution >= 0.6 is 0 Å². The van der Waals surface area contributed by atoms with Gasteiger partial charge >= 0.3 is 0 Å². The SMILES string of the molecule is CC.CCC.COc1cc(C(C)C)c([N+](=O)[O-])cc1OCCCC(C)=O. The molecule has 0 aliphatic carbocycles. The summed E-state index contributed by atoms with van der Waals surface area (Å²) in [7, 11) is 1.49. The third-order valence-electron chi connectivity index (χ3n) is 3.06. The Labute approximate surface area is 158 Å². The molecule has 0 bridgehead atoms. The van der Waals surface area contributed by atoms with E-state index >= 15 is 0 Å². The highest BCUT2D eigenvalue weighted by atomic mass is 16.6. The number of Topliss-reactive ketones (excluding diaryl/α,β-unsaturated/α-hetero) is 1. The summed E-state index contributed by atoms with van der Waals surface area (Å²) in [6.07, 6.45) is 2.24. The van der Waals surface area contributed by atoms with Gasteiger partial charge < -0.3 is 14.3 Å². The maximum absolute atomic E-state index is 11.2. The van der Waals surface area contributed by atoms with Gasteiger partial charge in [-0.05, 0) is 25.3 Å². The lowest BCUT2D eigenvalue weighted by molar-refractivity contribution is -0.385. The highest BCUT2D eigenvalue weighted by Gasteiger charge is 2.21. The van der Waals surface area contributed by atoms with Crippen molar-refractivity contribution in [1.82, 2.24) is 0 Å². The van der Waals surface area contributed by atoms with E-state index in [1.807, 2.05) is 27.7 Å². The molecule has 0 N–H and O–H groups in total. The van der Waals surface area contributed by atoms with E-state index < -0.39 is 4.92 Å². The number of nitrogens with zero attached hydrogens (tertiary/aromatic N) is 1. The fraction of sp³-hybridized carbons (Fsp3) is 0.650. The van der Waals surface area contributed by atoms with Crippen LogP contribution < -0.4 is 9.47 Å². The summed E-state index contributed by atoms with van der Waals surface area (Å²) in [6.45, 7) is 13.8. The van der Waals surface area contributed by atoms with Crippen LogP contribution in [-0.2, 0) is 4.79 Å². The molecule has 0 heterocycles. The fourth-order valence-electron chi connectivity index (χ4n) is 1.96. The monoisotopic (exact) mass is 369 g/mol. The molecule has 0 amide bonds. The number of hydrogen-bond acceptors (Lipinski definition) is 5. The number of benzene rings is 1. The lowest BCUT2D eigenvalue weighted by Crippen LogP contribution is -2.04. The summed E-state index contributed by atoms with van der Waals surface area (Å²) in [5, 5.41) is 11.2. The van der Waals surface area contributed by atoms with Crippen molar-refractivity contribution in [2.75, 3.05) is 13.7 Å². The second-order valence-corrected chi connectivity index (χ2v) is 5.83. The Morgan fingerprint density at radius 1 is 1.19 bits per heavy atom. The minimum Gasteiger partial charge on any atom is -0.493 e. The molecule has 26 heavy (non-hydrogen) atoms. The summed E-state index contributed by atoms with van der Waals surface area (Å²) >= 11 is 0. The highest BCUT2D eigenvalue weighted by Crippen LogP contribution is 2.37. The van der Waals surface area contributed by atoms with Crippen LogP contribution in [0.5, 0.6) is 11.5 Å². The largest absolute Gasteiger partial charge is 0.493 e. The van der Waals surface area contributed by atoms with Crippen LogP contribution in [0.1, 0.15) is 79.2 Å². The van der Waals surface area contributed by atoms with Gasteiger partial charge in [0.1, 0.15) is 5.78 Å². The number of methoxy groups -OCH3 is 1. The summed E-state index contributed by atoms with van der Waals surface area (Å²) in [5.74, 6) is 0.891. The molecule has 0 aliphatic heterocycles. The molecule has 0 radical (unpaired) electrons. The van der Waals surface area contributed by atoms with E-state index in [-0.39, 0.29) is 17.4 Å². The lowest BCUT2D eigenvalue weighted by Gasteiger charge is -2.14. The Hall–Kier alpha value is -2.11. The summed E-state index contributed by atoms with van der Waals surface area (Å²) in [6, 6.07) is 3.03. The number of rotatable bonds is 8. The van der Waals surface area contributed by atoms with E-state index in [1.54, 1.807) is 6.07 Å². The molecule has 1 aromatic carbocycles. The first-order valence-electron chi connectivity index (χ1n) is 9.26. The minimum atomic E-state index is -0.419. The molecule has 0 saturated carbocycles. The third-order valence-corrected chi connectivity index (χ3v) is 3.06. The molecule has 0 unspecified atom stereocenters. The first-order valence-corrected chi connectivity index (χ1v) is 9.26. The van der Waals surface area contributed by atoms with Gasteiger partial charge in [0.05, 0.1) is 24.7 Å². The van der Waals surface area contributed by atoms with Crippen LogP contribution in [-0.4, -0.2) is 24.4 Å². The summed E-state index contributed by atoms with van der Waals surface area (Å²) in [5.41, 5.74) is 0.625. The van der Waals surface area contributed by atoms with Crippen molar-refractivity contribution in [2.45, 2.75) is 73.6 Å². The van der Waals surface area contributed by atoms with Crippen LogP contribution in [0.3, 0.4) is 0 Å². The second kappa shape index (κ2) is 15.2. The predicted molar refractivity (Wildman–Crippen MR) is 106 cm³/mol. The molecular formula is C20H35NO5. The molecule has 150 valence electrons. The van der Waals surface area contributed by atoms with E-state index in [0.717, 1.165) is 0 Å². The van der Waals surface area contributed by atoms with Gasteiger partial charge in [-0.15, -0.1) is 0 Å². The molecule has 1 rings (SSSR count). The Morgan fingerprint density at radius 3 is 2.12 bits per heavy atom. The van der Waals surface area contributed by atoms with Gasteiger partial charge in [0.25, 0.3) is 5.69 Å². The zero-order valence-electron chi connectivity index (χ0n) is 17.5. The average molecular weight is 370 g/mol. The van der Waals surface area contributed by atoms with Crippen LogP contribution in [0.25, 0.3) is 0 Å². The number of nitro groups is 1. The standard InChI is InChI=1S/C15H21NO5.C3H8.C2H6/c1-10(2)12-8-14(20-4)15(9-13(12)16(18)19)21-7-5-6-11(3)17;1-3-2;1-2/h8-10H,5-7H2,1-4H3;3H2,1-2H3;1-2H3. The van der Waals surface area contributed by atoms with Gasteiger partial charge in [0.15, 0.2) is 11.5 Å². The first-order chi connectivity index (χ1) is 12.3. The summed E-state index contributed by atoms with van der Waals surface area (Å²) in [4.78, 5) is 21.6. The van der Waals surface area contributed by atoms with Crippen molar-refractivity contribution in [3.05, 3.63) is 27.8 Å². The number of hydrogen-bond donors (Lipinski definition) is 0. The molecule has 0 spiro atoms. The summed E-state index contributed by atoms with van der Waals surface area (Å²) < 4.78 is 10.8. The maximum atomic E-state index is 11.2. The molecule has 0 aromatic heterocycles. The van der Waals surface area contributed by atoms with E-state index in [4.69, 9.17) is 9.47 Å². The van der Waals surface area contributed by atoms with E-state index in [0.29, 0.717) is 36.5 Å². The van der Waals surface area contributed by atoms with Gasteiger partial charge in [-0.3, -0.25) is 10.1 Å².